The highest BCUT2D eigenvalue weighted by atomic mass is 16.2. The molecule has 0 bridgehead atoms. The number of rotatable bonds is 6. The molecule has 1 aliphatic carbocycles. The zero-order chi connectivity index (χ0) is 17.4. The molecule has 130 valence electrons. The first-order chi connectivity index (χ1) is 11.5. The molecule has 1 aromatic carbocycles. The van der Waals surface area contributed by atoms with Gasteiger partial charge in [0, 0.05) is 30.3 Å². The van der Waals surface area contributed by atoms with E-state index in [-0.39, 0.29) is 36.7 Å². The predicted molar refractivity (Wildman–Crippen MR) is 93.1 cm³/mol. The van der Waals surface area contributed by atoms with E-state index < -0.39 is 0 Å². The number of Topliss-reactive ketones (excluding diaryl/α,β-unsaturated/α-hetero) is 1. The van der Waals surface area contributed by atoms with Crippen LogP contribution in [0.3, 0.4) is 0 Å². The molecule has 1 fully saturated rings. The van der Waals surface area contributed by atoms with E-state index >= 15 is 0 Å². The largest absolute Gasteiger partial charge is 0.338 e. The number of ketones is 1. The summed E-state index contributed by atoms with van der Waals surface area (Å²) in [6, 6.07) is 6.84. The maximum atomic E-state index is 11.9. The van der Waals surface area contributed by atoms with Crippen LogP contribution in [0.25, 0.3) is 0 Å². The van der Waals surface area contributed by atoms with Crippen molar-refractivity contribution in [2.24, 2.45) is 0 Å². The first-order valence-corrected chi connectivity index (χ1v) is 8.50. The average molecular weight is 331 g/mol. The fourth-order valence-corrected chi connectivity index (χ4v) is 2.81. The molecule has 0 radical (unpaired) electrons. The second kappa shape index (κ2) is 9.05. The second-order valence-corrected chi connectivity index (χ2v) is 6.17. The number of anilines is 1. The zero-order valence-electron chi connectivity index (χ0n) is 14.1. The lowest BCUT2D eigenvalue weighted by Crippen LogP contribution is -2.43. The minimum absolute atomic E-state index is 0.0489. The van der Waals surface area contributed by atoms with Crippen molar-refractivity contribution in [1.82, 2.24) is 10.6 Å². The SMILES string of the molecule is CC(=O)c1cccc(NC(=O)CCNC(=O)NC2CCCCC2)c1. The zero-order valence-corrected chi connectivity index (χ0v) is 14.1. The molecular formula is C18H25N3O3. The van der Waals surface area contributed by atoms with Crippen molar-refractivity contribution in [3.05, 3.63) is 29.8 Å². The molecule has 0 heterocycles. The van der Waals surface area contributed by atoms with Crippen molar-refractivity contribution in [2.45, 2.75) is 51.5 Å². The van der Waals surface area contributed by atoms with Crippen molar-refractivity contribution < 1.29 is 14.4 Å². The number of benzene rings is 1. The van der Waals surface area contributed by atoms with Gasteiger partial charge in [0.1, 0.15) is 0 Å². The Bertz CT molecular complexity index is 595. The Labute approximate surface area is 142 Å². The maximum Gasteiger partial charge on any atom is 0.315 e. The van der Waals surface area contributed by atoms with Gasteiger partial charge in [-0.3, -0.25) is 9.59 Å². The number of carbonyl (C=O) groups is 3. The summed E-state index contributed by atoms with van der Waals surface area (Å²) >= 11 is 0. The third-order valence-electron chi connectivity index (χ3n) is 4.13. The molecule has 6 heteroatoms. The molecule has 0 unspecified atom stereocenters. The lowest BCUT2D eigenvalue weighted by atomic mass is 9.96. The Kier molecular flexibility index (Phi) is 6.78. The van der Waals surface area contributed by atoms with E-state index in [2.05, 4.69) is 16.0 Å². The van der Waals surface area contributed by atoms with E-state index in [1.165, 1.54) is 13.3 Å². The van der Waals surface area contributed by atoms with Crippen LogP contribution in [-0.4, -0.2) is 30.3 Å². The van der Waals surface area contributed by atoms with Gasteiger partial charge in [-0.2, -0.15) is 0 Å². The monoisotopic (exact) mass is 331 g/mol. The van der Waals surface area contributed by atoms with E-state index in [1.54, 1.807) is 24.3 Å². The van der Waals surface area contributed by atoms with E-state index in [1.807, 2.05) is 0 Å². The molecule has 0 saturated heterocycles. The quantitative estimate of drug-likeness (QED) is 0.701. The third kappa shape index (κ3) is 6.02. The molecule has 1 aromatic rings. The van der Waals surface area contributed by atoms with Crippen molar-refractivity contribution in [1.29, 1.82) is 0 Å². The fourth-order valence-electron chi connectivity index (χ4n) is 2.81. The van der Waals surface area contributed by atoms with Gasteiger partial charge in [-0.25, -0.2) is 4.79 Å². The molecule has 3 amide bonds. The number of amides is 3. The predicted octanol–water partition coefficient (Wildman–Crippen LogP) is 2.85. The van der Waals surface area contributed by atoms with Crippen molar-refractivity contribution in [3.63, 3.8) is 0 Å². The number of hydrogen-bond acceptors (Lipinski definition) is 3. The smallest absolute Gasteiger partial charge is 0.315 e. The van der Waals surface area contributed by atoms with Gasteiger partial charge in [0.05, 0.1) is 0 Å². The van der Waals surface area contributed by atoms with E-state index in [4.69, 9.17) is 0 Å². The topological polar surface area (TPSA) is 87.3 Å². The lowest BCUT2D eigenvalue weighted by molar-refractivity contribution is -0.116. The van der Waals surface area contributed by atoms with Gasteiger partial charge in [0.15, 0.2) is 5.78 Å². The summed E-state index contributed by atoms with van der Waals surface area (Å²) in [6.07, 6.45) is 5.80. The van der Waals surface area contributed by atoms with Crippen LogP contribution in [0.1, 0.15) is 55.8 Å². The molecule has 1 aliphatic rings. The molecule has 6 nitrogen and oxygen atoms in total. The van der Waals surface area contributed by atoms with Crippen LogP contribution in [0.5, 0.6) is 0 Å². The minimum atomic E-state index is -0.215. The summed E-state index contributed by atoms with van der Waals surface area (Å²) in [6.45, 7) is 1.76. The number of carbonyl (C=O) groups excluding carboxylic acids is 3. The summed E-state index contributed by atoms with van der Waals surface area (Å²) in [7, 11) is 0. The van der Waals surface area contributed by atoms with Gasteiger partial charge in [0.25, 0.3) is 0 Å². The second-order valence-electron chi connectivity index (χ2n) is 6.17. The standard InChI is InChI=1S/C18H25N3O3/c1-13(22)14-6-5-9-16(12-14)20-17(23)10-11-19-18(24)21-15-7-3-2-4-8-15/h5-6,9,12,15H,2-4,7-8,10-11H2,1H3,(H,20,23)(H2,19,21,24). The third-order valence-corrected chi connectivity index (χ3v) is 4.13. The van der Waals surface area contributed by atoms with E-state index in [0.717, 1.165) is 25.7 Å². The molecule has 2 rings (SSSR count). The molecule has 0 spiro atoms. The fraction of sp³-hybridized carbons (Fsp3) is 0.500. The van der Waals surface area contributed by atoms with E-state index in [0.29, 0.717) is 11.3 Å². The Hall–Kier alpha value is -2.37. The summed E-state index contributed by atoms with van der Waals surface area (Å²) < 4.78 is 0. The summed E-state index contributed by atoms with van der Waals surface area (Å²) in [5, 5.41) is 8.38. The number of urea groups is 1. The number of hydrogen-bond donors (Lipinski definition) is 3. The van der Waals surface area contributed by atoms with Crippen LogP contribution in [0.4, 0.5) is 10.5 Å². The Morgan fingerprint density at radius 3 is 2.58 bits per heavy atom. The van der Waals surface area contributed by atoms with E-state index in [9.17, 15) is 14.4 Å². The van der Waals surface area contributed by atoms with Crippen LogP contribution < -0.4 is 16.0 Å². The van der Waals surface area contributed by atoms with Crippen LogP contribution in [0.2, 0.25) is 0 Å². The average Bonchev–Trinajstić information content (AvgIpc) is 2.56. The van der Waals surface area contributed by atoms with Crippen LogP contribution in [-0.2, 0) is 4.79 Å². The summed E-state index contributed by atoms with van der Waals surface area (Å²) in [5.74, 6) is -0.249. The van der Waals surface area contributed by atoms with Gasteiger partial charge in [-0.05, 0) is 31.9 Å². The molecular weight excluding hydrogens is 306 g/mol. The van der Waals surface area contributed by atoms with Crippen molar-refractivity contribution in [2.75, 3.05) is 11.9 Å². The van der Waals surface area contributed by atoms with Gasteiger partial charge in [-0.1, -0.05) is 31.4 Å². The Balaban J connectivity index is 1.68. The van der Waals surface area contributed by atoms with Gasteiger partial charge in [0.2, 0.25) is 5.91 Å². The van der Waals surface area contributed by atoms with Gasteiger partial charge >= 0.3 is 6.03 Å². The van der Waals surface area contributed by atoms with Gasteiger partial charge < -0.3 is 16.0 Å². The first-order valence-electron chi connectivity index (χ1n) is 8.50. The van der Waals surface area contributed by atoms with Gasteiger partial charge in [-0.15, -0.1) is 0 Å². The highest BCUT2D eigenvalue weighted by Gasteiger charge is 2.15. The Morgan fingerprint density at radius 2 is 1.88 bits per heavy atom. The normalized spacial score (nSPS) is 14.7. The lowest BCUT2D eigenvalue weighted by Gasteiger charge is -2.22. The molecule has 0 atom stereocenters. The minimum Gasteiger partial charge on any atom is -0.338 e. The molecule has 0 aromatic heterocycles. The summed E-state index contributed by atoms with van der Waals surface area (Å²) in [4.78, 5) is 35.0. The van der Waals surface area contributed by atoms with Crippen LogP contribution >= 0.6 is 0 Å². The van der Waals surface area contributed by atoms with Crippen LogP contribution in [0, 0.1) is 0 Å². The summed E-state index contributed by atoms with van der Waals surface area (Å²) in [5.41, 5.74) is 1.14. The Morgan fingerprint density at radius 1 is 1.12 bits per heavy atom. The molecule has 3 N–H and O–H groups in total. The highest BCUT2D eigenvalue weighted by Crippen LogP contribution is 2.17. The van der Waals surface area contributed by atoms with Crippen molar-refractivity contribution in [3.8, 4) is 0 Å². The molecule has 24 heavy (non-hydrogen) atoms. The number of nitrogens with one attached hydrogen (secondary N) is 3. The molecule has 1 saturated carbocycles. The maximum absolute atomic E-state index is 11.9. The highest BCUT2D eigenvalue weighted by molar-refractivity contribution is 5.97. The molecule has 0 aliphatic heterocycles. The first kappa shape index (κ1) is 18.0. The van der Waals surface area contributed by atoms with Crippen LogP contribution in [0.15, 0.2) is 24.3 Å². The van der Waals surface area contributed by atoms with Crippen molar-refractivity contribution >= 4 is 23.4 Å².